The fourth-order valence-electron chi connectivity index (χ4n) is 2.74. The highest BCUT2D eigenvalue weighted by Crippen LogP contribution is 2.37. The maximum Gasteiger partial charge on any atom is 0.273 e. The molecule has 0 aliphatic rings. The van der Waals surface area contributed by atoms with Crippen molar-refractivity contribution < 1.29 is 13.5 Å². The largest absolute Gasteiger partial charge is 0.454 e. The first kappa shape index (κ1) is 19.8. The number of anilines is 2. The van der Waals surface area contributed by atoms with E-state index in [0.717, 1.165) is 17.8 Å². The molecule has 0 saturated carbocycles. The highest BCUT2D eigenvalue weighted by molar-refractivity contribution is 7.99. The molecule has 0 saturated heterocycles. The summed E-state index contributed by atoms with van der Waals surface area (Å²) in [5.74, 6) is -1.19. The average molecular weight is 403 g/mol. The maximum atomic E-state index is 14.1. The Hall–Kier alpha value is -3.00. The van der Waals surface area contributed by atoms with Gasteiger partial charge >= 0.3 is 0 Å². The number of halogens is 2. The number of ether oxygens (including phenoxy) is 1. The topological polar surface area (TPSA) is 55.3 Å². The van der Waals surface area contributed by atoms with Gasteiger partial charge in [0.1, 0.15) is 17.3 Å². The third kappa shape index (κ3) is 4.12. The molecule has 2 aromatic carbocycles. The molecular weight excluding hydrogens is 384 g/mol. The third-order valence-corrected chi connectivity index (χ3v) is 4.52. The molecule has 0 aliphatic carbocycles. The number of nitrogens with zero attached hydrogens (tertiary/aromatic N) is 1. The minimum Gasteiger partial charge on any atom is -0.454 e. The Morgan fingerprint density at radius 2 is 1.82 bits per heavy atom. The Balaban J connectivity index is 2.14. The average Bonchev–Trinajstić information content (AvgIpc) is 2.67. The van der Waals surface area contributed by atoms with Gasteiger partial charge in [0.2, 0.25) is 0 Å². The van der Waals surface area contributed by atoms with Crippen molar-refractivity contribution in [2.45, 2.75) is 0 Å². The van der Waals surface area contributed by atoms with Gasteiger partial charge in [0.05, 0.1) is 0 Å². The maximum absolute atomic E-state index is 14.1. The summed E-state index contributed by atoms with van der Waals surface area (Å²) in [6.45, 7) is 0. The Morgan fingerprint density at radius 1 is 1.07 bits per heavy atom. The predicted octanol–water partition coefficient (Wildman–Crippen LogP) is 4.85. The number of pyridine rings is 1. The summed E-state index contributed by atoms with van der Waals surface area (Å²) in [6.07, 6.45) is 3.57. The van der Waals surface area contributed by atoms with Crippen LogP contribution in [0, 0.1) is 11.6 Å². The van der Waals surface area contributed by atoms with Crippen LogP contribution in [0.3, 0.4) is 0 Å². The molecule has 28 heavy (non-hydrogen) atoms. The summed E-state index contributed by atoms with van der Waals surface area (Å²) in [5.41, 5.74) is 2.41. The smallest absolute Gasteiger partial charge is 0.273 e. The van der Waals surface area contributed by atoms with Gasteiger partial charge in [0, 0.05) is 49.4 Å². The molecule has 0 spiro atoms. The minimum atomic E-state index is -0.798. The van der Waals surface area contributed by atoms with Crippen molar-refractivity contribution in [1.82, 2.24) is 4.57 Å². The van der Waals surface area contributed by atoms with Gasteiger partial charge < -0.3 is 19.3 Å². The van der Waals surface area contributed by atoms with E-state index in [9.17, 15) is 13.6 Å². The predicted molar refractivity (Wildman–Crippen MR) is 110 cm³/mol. The van der Waals surface area contributed by atoms with Gasteiger partial charge in [-0.1, -0.05) is 11.9 Å². The van der Waals surface area contributed by atoms with E-state index in [0.29, 0.717) is 22.6 Å². The molecule has 0 radical (unpaired) electrons. The number of aryl methyl sites for hydroxylation is 1. The van der Waals surface area contributed by atoms with E-state index in [1.165, 1.54) is 22.6 Å². The summed E-state index contributed by atoms with van der Waals surface area (Å²) >= 11 is 1.43. The zero-order valence-electron chi connectivity index (χ0n) is 15.5. The van der Waals surface area contributed by atoms with Gasteiger partial charge in [-0.3, -0.25) is 4.79 Å². The second kappa shape index (κ2) is 8.35. The molecule has 1 heterocycles. The number of aromatic nitrogens is 1. The lowest BCUT2D eigenvalue weighted by Crippen LogP contribution is -2.19. The van der Waals surface area contributed by atoms with Crippen LogP contribution < -0.4 is 20.3 Å². The Morgan fingerprint density at radius 3 is 2.50 bits per heavy atom. The molecule has 0 aliphatic heterocycles. The number of rotatable bonds is 6. The van der Waals surface area contributed by atoms with Crippen LogP contribution in [0.2, 0.25) is 0 Å². The molecule has 146 valence electrons. The van der Waals surface area contributed by atoms with Crippen molar-refractivity contribution in [2.75, 3.05) is 23.3 Å². The van der Waals surface area contributed by atoms with Crippen LogP contribution in [0.4, 0.5) is 20.2 Å². The highest BCUT2D eigenvalue weighted by Gasteiger charge is 2.14. The second-order valence-electron chi connectivity index (χ2n) is 6.00. The summed E-state index contributed by atoms with van der Waals surface area (Å²) in [4.78, 5) is 12.2. The monoisotopic (exact) mass is 403 g/mol. The van der Waals surface area contributed by atoms with Gasteiger partial charge in [0.15, 0.2) is 11.6 Å². The van der Waals surface area contributed by atoms with E-state index in [1.807, 2.05) is 12.3 Å². The van der Waals surface area contributed by atoms with E-state index in [-0.39, 0.29) is 11.3 Å². The molecule has 0 amide bonds. The normalized spacial score (nSPS) is 10.6. The fraction of sp³-hybridized carbons (Fsp3) is 0.150. The second-order valence-corrected chi connectivity index (χ2v) is 6.61. The van der Waals surface area contributed by atoms with Gasteiger partial charge in [0.25, 0.3) is 5.56 Å². The first-order valence-electron chi connectivity index (χ1n) is 8.37. The zero-order chi connectivity index (χ0) is 20.3. The summed E-state index contributed by atoms with van der Waals surface area (Å²) in [6, 6.07) is 10.2. The van der Waals surface area contributed by atoms with E-state index in [1.54, 1.807) is 38.5 Å². The Bertz CT molecular complexity index is 1070. The van der Waals surface area contributed by atoms with Crippen molar-refractivity contribution in [3.63, 3.8) is 0 Å². The fourth-order valence-corrected chi connectivity index (χ4v) is 3.10. The Labute approximate surface area is 165 Å². The van der Waals surface area contributed by atoms with Gasteiger partial charge in [-0.15, -0.1) is 0 Å². The number of hydrogen-bond donors (Lipinski definition) is 2. The van der Waals surface area contributed by atoms with E-state index in [4.69, 9.17) is 4.74 Å². The van der Waals surface area contributed by atoms with Crippen molar-refractivity contribution in [1.29, 1.82) is 0 Å². The zero-order valence-corrected chi connectivity index (χ0v) is 16.4. The first-order chi connectivity index (χ1) is 13.4. The molecule has 8 heteroatoms. The lowest BCUT2D eigenvalue weighted by Gasteiger charge is -2.15. The standard InChI is InChI=1S/C20H19F2N3O2S/c1-23-17-8-12(11-25(2)20(17)26)15-10-14(24-28-3)5-7-18(15)27-19-6-4-13(21)9-16(19)22/h4-11,23-24H,1-3H3. The molecule has 3 rings (SSSR count). The summed E-state index contributed by atoms with van der Waals surface area (Å²) < 4.78 is 37.6. The lowest BCUT2D eigenvalue weighted by molar-refractivity contribution is 0.439. The molecule has 0 unspecified atom stereocenters. The van der Waals surface area contributed by atoms with Crippen LogP contribution >= 0.6 is 11.9 Å². The summed E-state index contributed by atoms with van der Waals surface area (Å²) in [5, 5.41) is 2.87. The summed E-state index contributed by atoms with van der Waals surface area (Å²) in [7, 11) is 3.31. The van der Waals surface area contributed by atoms with Crippen LogP contribution in [0.15, 0.2) is 53.5 Å². The molecule has 0 atom stereocenters. The van der Waals surface area contributed by atoms with Crippen LogP contribution in [0.25, 0.3) is 11.1 Å². The van der Waals surface area contributed by atoms with Crippen molar-refractivity contribution in [3.05, 3.63) is 70.6 Å². The molecule has 2 N–H and O–H groups in total. The van der Waals surface area contributed by atoms with E-state index >= 15 is 0 Å². The van der Waals surface area contributed by atoms with Crippen LogP contribution in [-0.2, 0) is 7.05 Å². The number of hydrogen-bond acceptors (Lipinski definition) is 5. The van der Waals surface area contributed by atoms with Crippen molar-refractivity contribution in [2.24, 2.45) is 7.05 Å². The molecule has 0 fully saturated rings. The first-order valence-corrected chi connectivity index (χ1v) is 9.60. The molecule has 1 aromatic heterocycles. The van der Waals surface area contributed by atoms with Crippen LogP contribution in [0.1, 0.15) is 0 Å². The molecule has 3 aromatic rings. The third-order valence-electron chi connectivity index (χ3n) is 4.08. The highest BCUT2D eigenvalue weighted by atomic mass is 32.2. The van der Waals surface area contributed by atoms with Gasteiger partial charge in [-0.05, 0) is 36.4 Å². The number of nitrogens with one attached hydrogen (secondary N) is 2. The van der Waals surface area contributed by atoms with Crippen molar-refractivity contribution >= 4 is 23.3 Å². The molecular formula is C20H19F2N3O2S. The van der Waals surface area contributed by atoms with Crippen molar-refractivity contribution in [3.8, 4) is 22.6 Å². The molecule has 0 bridgehead atoms. The van der Waals surface area contributed by atoms with Gasteiger partial charge in [-0.25, -0.2) is 8.78 Å². The molecule has 5 nitrogen and oxygen atoms in total. The van der Waals surface area contributed by atoms with E-state index in [2.05, 4.69) is 10.0 Å². The lowest BCUT2D eigenvalue weighted by atomic mass is 10.0. The minimum absolute atomic E-state index is 0.0908. The van der Waals surface area contributed by atoms with Crippen LogP contribution in [0.5, 0.6) is 11.5 Å². The number of benzene rings is 2. The Kier molecular flexibility index (Phi) is 5.89. The van der Waals surface area contributed by atoms with Crippen LogP contribution in [-0.4, -0.2) is 17.9 Å². The quantitative estimate of drug-likeness (QED) is 0.576. The van der Waals surface area contributed by atoms with Gasteiger partial charge in [-0.2, -0.15) is 0 Å². The SMILES string of the molecule is CNc1cc(-c2cc(NSC)ccc2Oc2ccc(F)cc2F)cn(C)c1=O. The van der Waals surface area contributed by atoms with E-state index < -0.39 is 11.6 Å².